The van der Waals surface area contributed by atoms with Crippen LogP contribution in [0, 0.1) is 0 Å². The van der Waals surface area contributed by atoms with Gasteiger partial charge in [0, 0.05) is 23.5 Å². The zero-order valence-corrected chi connectivity index (χ0v) is 7.01. The minimum absolute atomic E-state index is 0.0906. The van der Waals surface area contributed by atoms with Crippen molar-refractivity contribution in [1.29, 1.82) is 0 Å². The Morgan fingerprint density at radius 3 is 2.57 bits per heavy atom. The number of allylic oxidation sites excluding steroid dienone is 1. The lowest BCUT2D eigenvalue weighted by atomic mass is 10.1. The molecule has 0 atom stereocenters. The average Bonchev–Trinajstić information content (AvgIpc) is 2.15. The Morgan fingerprint density at radius 1 is 1.43 bits per heavy atom. The van der Waals surface area contributed by atoms with Crippen LogP contribution >= 0.6 is 0 Å². The maximum absolute atomic E-state index is 12.2. The second-order valence-corrected chi connectivity index (χ2v) is 2.60. The Hall–Kier alpha value is -1.65. The van der Waals surface area contributed by atoms with E-state index >= 15 is 0 Å². The number of halogens is 3. The first-order valence-corrected chi connectivity index (χ1v) is 3.62. The van der Waals surface area contributed by atoms with E-state index in [1.54, 1.807) is 0 Å². The highest BCUT2D eigenvalue weighted by molar-refractivity contribution is 5.77. The van der Waals surface area contributed by atoms with Crippen molar-refractivity contribution in [2.24, 2.45) is 0 Å². The van der Waals surface area contributed by atoms with Gasteiger partial charge in [0.05, 0.1) is 5.57 Å². The summed E-state index contributed by atoms with van der Waals surface area (Å²) >= 11 is 0. The molecule has 0 bridgehead atoms. The van der Waals surface area contributed by atoms with Crippen molar-refractivity contribution in [3.8, 4) is 0 Å². The van der Waals surface area contributed by atoms with E-state index in [0.29, 0.717) is 6.29 Å². The molecule has 0 fully saturated rings. The van der Waals surface area contributed by atoms with Crippen molar-refractivity contribution in [3.05, 3.63) is 36.2 Å². The monoisotopic (exact) mass is 201 g/mol. The zero-order valence-electron chi connectivity index (χ0n) is 7.01. The molecule has 0 aliphatic carbocycles. The van der Waals surface area contributed by atoms with E-state index in [4.69, 9.17) is 0 Å². The summed E-state index contributed by atoms with van der Waals surface area (Å²) in [6.07, 6.45) is -1.87. The lowest BCUT2D eigenvalue weighted by Crippen LogP contribution is -2.09. The Bertz CT molecular complexity index is 371. The van der Waals surface area contributed by atoms with Crippen molar-refractivity contribution in [2.45, 2.75) is 6.18 Å². The molecule has 0 aromatic carbocycles. The van der Waals surface area contributed by atoms with Crippen LogP contribution in [-0.2, 0) is 0 Å². The number of alkyl halides is 3. The van der Waals surface area contributed by atoms with Gasteiger partial charge in [0.15, 0.2) is 6.29 Å². The van der Waals surface area contributed by atoms with E-state index in [-0.39, 0.29) is 11.1 Å². The molecule has 0 spiro atoms. The normalized spacial score (nSPS) is 11.1. The molecule has 74 valence electrons. The molecule has 0 aliphatic rings. The molecule has 0 unspecified atom stereocenters. The van der Waals surface area contributed by atoms with Crippen LogP contribution in [0.1, 0.15) is 15.9 Å². The van der Waals surface area contributed by atoms with Crippen molar-refractivity contribution < 1.29 is 18.0 Å². The predicted molar refractivity (Wildman–Crippen MR) is 44.7 cm³/mol. The number of nitrogens with zero attached hydrogens (tertiary/aromatic N) is 1. The van der Waals surface area contributed by atoms with Crippen LogP contribution in [0.3, 0.4) is 0 Å². The Labute approximate surface area is 78.1 Å². The first-order valence-electron chi connectivity index (χ1n) is 3.62. The molecular formula is C9H6F3NO. The molecule has 1 aromatic rings. The van der Waals surface area contributed by atoms with Gasteiger partial charge in [0.2, 0.25) is 0 Å². The summed E-state index contributed by atoms with van der Waals surface area (Å²) in [4.78, 5) is 13.8. The number of hydrogen-bond donors (Lipinski definition) is 0. The molecule has 0 amide bonds. The van der Waals surface area contributed by atoms with Gasteiger partial charge in [-0.05, 0) is 6.07 Å². The molecule has 0 saturated heterocycles. The first-order chi connectivity index (χ1) is 6.45. The second kappa shape index (κ2) is 3.61. The molecule has 0 radical (unpaired) electrons. The third-order valence-corrected chi connectivity index (χ3v) is 1.59. The van der Waals surface area contributed by atoms with Gasteiger partial charge in [-0.25, -0.2) is 0 Å². The second-order valence-electron chi connectivity index (χ2n) is 2.60. The van der Waals surface area contributed by atoms with E-state index in [2.05, 4.69) is 11.6 Å². The summed E-state index contributed by atoms with van der Waals surface area (Å²) in [6, 6.07) is 1.09. The third-order valence-electron chi connectivity index (χ3n) is 1.59. The summed E-state index contributed by atoms with van der Waals surface area (Å²) < 4.78 is 36.5. The van der Waals surface area contributed by atoms with E-state index in [1.807, 2.05) is 0 Å². The molecule has 0 aliphatic heterocycles. The van der Waals surface area contributed by atoms with Gasteiger partial charge >= 0.3 is 6.18 Å². The minimum Gasteiger partial charge on any atom is -0.298 e. The zero-order chi connectivity index (χ0) is 10.8. The Kier molecular flexibility index (Phi) is 2.69. The topological polar surface area (TPSA) is 30.0 Å². The van der Waals surface area contributed by atoms with Gasteiger partial charge in [-0.1, -0.05) is 6.58 Å². The number of aromatic nitrogens is 1. The lowest BCUT2D eigenvalue weighted by molar-refractivity contribution is -0.0686. The average molecular weight is 201 g/mol. The number of rotatable bonds is 2. The smallest absolute Gasteiger partial charge is 0.298 e. The molecule has 1 aromatic heterocycles. The van der Waals surface area contributed by atoms with Crippen LogP contribution < -0.4 is 0 Å². The third kappa shape index (κ3) is 2.18. The summed E-state index contributed by atoms with van der Waals surface area (Å²) in [6.45, 7) is 2.89. The molecule has 5 heteroatoms. The van der Waals surface area contributed by atoms with Crippen molar-refractivity contribution >= 4 is 11.9 Å². The minimum atomic E-state index is -4.50. The molecular weight excluding hydrogens is 195 g/mol. The number of pyridine rings is 1. The Morgan fingerprint density at radius 2 is 2.07 bits per heavy atom. The number of aldehydes is 1. The highest BCUT2D eigenvalue weighted by Crippen LogP contribution is 2.31. The van der Waals surface area contributed by atoms with Crippen molar-refractivity contribution in [2.75, 3.05) is 0 Å². The highest BCUT2D eigenvalue weighted by Gasteiger charge is 2.32. The molecule has 0 N–H and O–H groups in total. The van der Waals surface area contributed by atoms with E-state index in [0.717, 1.165) is 12.3 Å². The maximum Gasteiger partial charge on any atom is 0.416 e. The van der Waals surface area contributed by atoms with Gasteiger partial charge in [-0.2, -0.15) is 13.2 Å². The standard InChI is InChI=1S/C9H6F3NO/c1-6(9(10,11)12)8-2-7(5-14)3-13-4-8/h2-5H,1H2. The number of carbonyl (C=O) groups excluding carboxylic acids is 1. The number of carbonyl (C=O) groups is 1. The van der Waals surface area contributed by atoms with Crippen LogP contribution in [0.25, 0.3) is 5.57 Å². The fraction of sp³-hybridized carbons (Fsp3) is 0.111. The van der Waals surface area contributed by atoms with Crippen LogP contribution in [0.15, 0.2) is 25.0 Å². The van der Waals surface area contributed by atoms with Crippen LogP contribution in [0.5, 0.6) is 0 Å². The summed E-state index contributed by atoms with van der Waals surface area (Å²) in [5, 5.41) is 0. The first kappa shape index (κ1) is 10.4. The quantitative estimate of drug-likeness (QED) is 0.688. The lowest BCUT2D eigenvalue weighted by Gasteiger charge is -2.09. The fourth-order valence-corrected chi connectivity index (χ4v) is 0.851. The van der Waals surface area contributed by atoms with Crippen LogP contribution in [0.4, 0.5) is 13.2 Å². The van der Waals surface area contributed by atoms with E-state index in [1.165, 1.54) is 6.20 Å². The summed E-state index contributed by atoms with van der Waals surface area (Å²) in [7, 11) is 0. The van der Waals surface area contributed by atoms with Gasteiger partial charge in [-0.15, -0.1) is 0 Å². The van der Waals surface area contributed by atoms with Gasteiger partial charge < -0.3 is 0 Å². The molecule has 1 rings (SSSR count). The molecule has 0 saturated carbocycles. The molecule has 2 nitrogen and oxygen atoms in total. The predicted octanol–water partition coefficient (Wildman–Crippen LogP) is 2.47. The van der Waals surface area contributed by atoms with E-state index in [9.17, 15) is 18.0 Å². The van der Waals surface area contributed by atoms with Crippen molar-refractivity contribution in [1.82, 2.24) is 4.98 Å². The van der Waals surface area contributed by atoms with Crippen LogP contribution in [0.2, 0.25) is 0 Å². The fourth-order valence-electron chi connectivity index (χ4n) is 0.851. The molecule has 1 heterocycles. The maximum atomic E-state index is 12.2. The largest absolute Gasteiger partial charge is 0.416 e. The molecule has 14 heavy (non-hydrogen) atoms. The summed E-state index contributed by atoms with van der Waals surface area (Å²) in [5.74, 6) is 0. The van der Waals surface area contributed by atoms with Gasteiger partial charge in [0.25, 0.3) is 0 Å². The van der Waals surface area contributed by atoms with Gasteiger partial charge in [-0.3, -0.25) is 9.78 Å². The van der Waals surface area contributed by atoms with Gasteiger partial charge in [0.1, 0.15) is 0 Å². The number of hydrogen-bond acceptors (Lipinski definition) is 2. The Balaban J connectivity index is 3.08. The van der Waals surface area contributed by atoms with Crippen molar-refractivity contribution in [3.63, 3.8) is 0 Å². The summed E-state index contributed by atoms with van der Waals surface area (Å²) in [5.41, 5.74) is -1.11. The SMILES string of the molecule is C=C(c1cncc(C=O)c1)C(F)(F)F. The van der Waals surface area contributed by atoms with Crippen LogP contribution in [-0.4, -0.2) is 17.4 Å². The van der Waals surface area contributed by atoms with E-state index < -0.39 is 11.7 Å². The highest BCUT2D eigenvalue weighted by atomic mass is 19.4.